The molecule has 0 fully saturated rings. The Kier molecular flexibility index (Phi) is 5.08. The van der Waals surface area contributed by atoms with E-state index in [4.69, 9.17) is 69.0 Å². The maximum atomic E-state index is 8.92. The van der Waals surface area contributed by atoms with Crippen molar-refractivity contribution in [3.05, 3.63) is 42.9 Å². The number of hydrogen-bond acceptors (Lipinski definition) is 3. The second-order valence-corrected chi connectivity index (χ2v) is 5.90. The molecule has 21 heavy (non-hydrogen) atoms. The molecule has 0 atom stereocenters. The highest BCUT2D eigenvalue weighted by Gasteiger charge is 2.23. The van der Waals surface area contributed by atoms with Crippen molar-refractivity contribution in [2.45, 2.75) is 6.42 Å². The number of nitriles is 1. The summed E-state index contributed by atoms with van der Waals surface area (Å²) in [6.45, 7) is 0. The quantitative estimate of drug-likeness (QED) is 0.539. The molecule has 3 nitrogen and oxygen atoms in total. The molecule has 108 valence electrons. The van der Waals surface area contributed by atoms with Crippen molar-refractivity contribution in [1.82, 2.24) is 4.98 Å². The van der Waals surface area contributed by atoms with Crippen LogP contribution in [0.4, 0.5) is 5.82 Å². The third-order valence-corrected chi connectivity index (χ3v) is 5.07. The average molecular weight is 381 g/mol. The molecule has 0 radical (unpaired) electrons. The first-order valence-corrected chi connectivity index (χ1v) is 7.41. The minimum Gasteiger partial charge on any atom is -0.383 e. The van der Waals surface area contributed by atoms with Crippen molar-refractivity contribution in [3.8, 4) is 17.2 Å². The monoisotopic (exact) mass is 379 g/mol. The number of benzene rings is 1. The van der Waals surface area contributed by atoms with Gasteiger partial charge >= 0.3 is 0 Å². The van der Waals surface area contributed by atoms with Crippen LogP contribution in [0.2, 0.25) is 25.1 Å². The largest absolute Gasteiger partial charge is 0.383 e. The van der Waals surface area contributed by atoms with Gasteiger partial charge in [-0.3, -0.25) is 0 Å². The molecule has 0 aliphatic rings. The topological polar surface area (TPSA) is 62.7 Å². The van der Waals surface area contributed by atoms with Crippen LogP contribution in [0.15, 0.2) is 12.3 Å². The zero-order chi connectivity index (χ0) is 15.7. The van der Waals surface area contributed by atoms with E-state index in [2.05, 4.69) is 4.98 Å². The number of nitrogens with zero attached hydrogens (tertiary/aromatic N) is 2. The summed E-state index contributed by atoms with van der Waals surface area (Å²) in [4.78, 5) is 3.99. The number of hydrogen-bond donors (Lipinski definition) is 1. The lowest BCUT2D eigenvalue weighted by Gasteiger charge is -2.16. The molecule has 0 spiro atoms. The van der Waals surface area contributed by atoms with Crippen LogP contribution in [0.25, 0.3) is 11.1 Å². The lowest BCUT2D eigenvalue weighted by Crippen LogP contribution is -2.00. The molecule has 1 aromatic carbocycles. The van der Waals surface area contributed by atoms with Crippen LogP contribution in [0, 0.1) is 11.3 Å². The normalized spacial score (nSPS) is 10.5. The molecular formula is C13H6Cl5N3. The van der Waals surface area contributed by atoms with Crippen molar-refractivity contribution in [2.75, 3.05) is 5.73 Å². The molecule has 0 amide bonds. The third-order valence-electron chi connectivity index (χ3n) is 2.80. The fourth-order valence-corrected chi connectivity index (χ4v) is 3.19. The summed E-state index contributed by atoms with van der Waals surface area (Å²) < 4.78 is 0. The van der Waals surface area contributed by atoms with Crippen LogP contribution in [0.1, 0.15) is 5.56 Å². The van der Waals surface area contributed by atoms with Gasteiger partial charge in [0.25, 0.3) is 0 Å². The van der Waals surface area contributed by atoms with Gasteiger partial charge in [0, 0.05) is 17.3 Å². The van der Waals surface area contributed by atoms with Gasteiger partial charge in [0.2, 0.25) is 0 Å². The van der Waals surface area contributed by atoms with E-state index in [9.17, 15) is 0 Å². The van der Waals surface area contributed by atoms with Crippen LogP contribution in [-0.2, 0) is 6.42 Å². The Hall–Kier alpha value is -0.890. The summed E-state index contributed by atoms with van der Waals surface area (Å²) in [7, 11) is 0. The number of anilines is 1. The number of aromatic nitrogens is 1. The molecule has 0 aliphatic carbocycles. The van der Waals surface area contributed by atoms with Crippen molar-refractivity contribution in [1.29, 1.82) is 5.26 Å². The smallest absolute Gasteiger partial charge is 0.131 e. The van der Waals surface area contributed by atoms with E-state index in [-0.39, 0.29) is 37.4 Å². The highest BCUT2D eigenvalue weighted by atomic mass is 35.5. The molecular weight excluding hydrogens is 375 g/mol. The molecule has 0 bridgehead atoms. The highest BCUT2D eigenvalue weighted by Crippen LogP contribution is 2.49. The maximum absolute atomic E-state index is 8.92. The minimum absolute atomic E-state index is 0.0568. The van der Waals surface area contributed by atoms with E-state index < -0.39 is 0 Å². The molecule has 0 saturated carbocycles. The van der Waals surface area contributed by atoms with E-state index >= 15 is 0 Å². The number of rotatable bonds is 2. The number of nitrogens with two attached hydrogens (primary N) is 1. The Balaban J connectivity index is 2.90. The minimum atomic E-state index is 0.0568. The zero-order valence-electron chi connectivity index (χ0n) is 10.2. The molecule has 1 heterocycles. The van der Waals surface area contributed by atoms with Crippen LogP contribution < -0.4 is 5.73 Å². The molecule has 0 aliphatic heterocycles. The van der Waals surface area contributed by atoms with E-state index in [0.29, 0.717) is 16.7 Å². The van der Waals surface area contributed by atoms with Gasteiger partial charge in [0.05, 0.1) is 37.6 Å². The second kappa shape index (κ2) is 6.48. The molecule has 8 heteroatoms. The summed E-state index contributed by atoms with van der Waals surface area (Å²) in [5, 5.41) is 9.32. The lowest BCUT2D eigenvalue weighted by molar-refractivity contribution is 1.22. The predicted octanol–water partition coefficient (Wildman–Crippen LogP) is 5.66. The molecule has 2 N–H and O–H groups in total. The van der Waals surface area contributed by atoms with Gasteiger partial charge < -0.3 is 5.73 Å². The molecule has 0 unspecified atom stereocenters. The summed E-state index contributed by atoms with van der Waals surface area (Å²) in [5.74, 6) is 0.168. The van der Waals surface area contributed by atoms with E-state index in [1.807, 2.05) is 6.07 Å². The molecule has 1 aromatic heterocycles. The molecule has 2 aromatic rings. The van der Waals surface area contributed by atoms with Crippen LogP contribution in [0.5, 0.6) is 0 Å². The third kappa shape index (κ3) is 2.88. The van der Waals surface area contributed by atoms with E-state index in [1.165, 1.54) is 6.20 Å². The maximum Gasteiger partial charge on any atom is 0.131 e. The second-order valence-electron chi connectivity index (χ2n) is 4.01. The predicted molar refractivity (Wildman–Crippen MR) is 88.5 cm³/mol. The van der Waals surface area contributed by atoms with Gasteiger partial charge in [-0.15, -0.1) is 0 Å². The van der Waals surface area contributed by atoms with E-state index in [1.54, 1.807) is 6.07 Å². The molecule has 2 rings (SSSR count). The Morgan fingerprint density at radius 1 is 0.952 bits per heavy atom. The van der Waals surface area contributed by atoms with E-state index in [0.717, 1.165) is 0 Å². The Bertz CT molecular complexity index is 738. The SMILES string of the molecule is N#CCc1ccnc(N)c1-c1c(Cl)c(Cl)c(Cl)c(Cl)c1Cl. The Labute approximate surface area is 146 Å². The summed E-state index contributed by atoms with van der Waals surface area (Å²) in [6.07, 6.45) is 1.60. The van der Waals surface area contributed by atoms with Crippen LogP contribution in [-0.4, -0.2) is 4.98 Å². The van der Waals surface area contributed by atoms with Gasteiger partial charge in [0.15, 0.2) is 0 Å². The van der Waals surface area contributed by atoms with Gasteiger partial charge in [0.1, 0.15) is 5.82 Å². The van der Waals surface area contributed by atoms with Crippen LogP contribution in [0.3, 0.4) is 0 Å². The first-order chi connectivity index (χ1) is 9.90. The zero-order valence-corrected chi connectivity index (χ0v) is 14.0. The standard InChI is InChI=1S/C13H6Cl5N3/c14-8-7(9(15)11(17)12(18)10(8)16)6-5(1-3-19)2-4-21-13(6)20/h2,4H,1H2,(H2,20,21). The van der Waals surface area contributed by atoms with Gasteiger partial charge in [-0.1, -0.05) is 58.0 Å². The first-order valence-electron chi connectivity index (χ1n) is 5.52. The van der Waals surface area contributed by atoms with Crippen molar-refractivity contribution >= 4 is 63.8 Å². The molecule has 0 saturated heterocycles. The van der Waals surface area contributed by atoms with Crippen molar-refractivity contribution in [2.24, 2.45) is 0 Å². The first kappa shape index (κ1) is 16.5. The Morgan fingerprint density at radius 3 is 2.00 bits per heavy atom. The number of nitrogen functional groups attached to an aromatic ring is 1. The highest BCUT2D eigenvalue weighted by molar-refractivity contribution is 6.56. The number of pyridine rings is 1. The Morgan fingerprint density at radius 2 is 1.48 bits per heavy atom. The van der Waals surface area contributed by atoms with Crippen molar-refractivity contribution < 1.29 is 0 Å². The average Bonchev–Trinajstić information content (AvgIpc) is 2.46. The fraction of sp³-hybridized carbons (Fsp3) is 0.0769. The summed E-state index contributed by atoms with van der Waals surface area (Å²) in [6, 6.07) is 3.69. The number of halogens is 5. The summed E-state index contributed by atoms with van der Waals surface area (Å²) in [5.41, 5.74) is 7.26. The van der Waals surface area contributed by atoms with Gasteiger partial charge in [-0.25, -0.2) is 4.98 Å². The van der Waals surface area contributed by atoms with Crippen molar-refractivity contribution in [3.63, 3.8) is 0 Å². The van der Waals surface area contributed by atoms with Crippen LogP contribution >= 0.6 is 58.0 Å². The van der Waals surface area contributed by atoms with Gasteiger partial charge in [-0.05, 0) is 11.6 Å². The summed E-state index contributed by atoms with van der Waals surface area (Å²) >= 11 is 30.5. The lowest BCUT2D eigenvalue weighted by atomic mass is 9.99. The fourth-order valence-electron chi connectivity index (χ4n) is 1.87. The van der Waals surface area contributed by atoms with Gasteiger partial charge in [-0.2, -0.15) is 5.26 Å².